The molecular weight excluding hydrogens is 387 g/mol. The molecule has 0 saturated heterocycles. The van der Waals surface area contributed by atoms with E-state index in [2.05, 4.69) is 14.9 Å². The number of anilines is 1. The van der Waals surface area contributed by atoms with E-state index >= 15 is 0 Å². The normalized spacial score (nSPS) is 11.1. The summed E-state index contributed by atoms with van der Waals surface area (Å²) in [6.45, 7) is 0. The molecule has 3 aromatic carbocycles. The van der Waals surface area contributed by atoms with Crippen LogP contribution < -0.4 is 5.32 Å². The van der Waals surface area contributed by atoms with Crippen molar-refractivity contribution in [3.8, 4) is 11.3 Å². The standard InChI is InChI=1S/C22H13FN4OS/c23-13-5-3-6-14(11-13)24-22(28)17-12-20(25-18-9-2-1-7-15(17)18)16-8-4-10-19-21(16)29-27-26-19/h1-12H,(H,24,28). The summed E-state index contributed by atoms with van der Waals surface area (Å²) < 4.78 is 18.4. The Hall–Kier alpha value is -3.71. The van der Waals surface area contributed by atoms with E-state index in [0.717, 1.165) is 21.2 Å². The maximum Gasteiger partial charge on any atom is 0.256 e. The number of benzene rings is 3. The number of halogens is 1. The maximum absolute atomic E-state index is 13.5. The molecule has 1 amide bonds. The number of nitrogens with zero attached hydrogens (tertiary/aromatic N) is 3. The lowest BCUT2D eigenvalue weighted by molar-refractivity contribution is 0.102. The first kappa shape index (κ1) is 17.4. The molecule has 2 aromatic heterocycles. The first-order valence-electron chi connectivity index (χ1n) is 8.87. The summed E-state index contributed by atoms with van der Waals surface area (Å²) >= 11 is 1.29. The van der Waals surface area contributed by atoms with Crippen LogP contribution in [0.2, 0.25) is 0 Å². The molecule has 0 unspecified atom stereocenters. The molecular formula is C22H13FN4OS. The summed E-state index contributed by atoms with van der Waals surface area (Å²) in [4.78, 5) is 17.8. The van der Waals surface area contributed by atoms with Crippen LogP contribution in [0.3, 0.4) is 0 Å². The number of amides is 1. The number of carbonyl (C=O) groups excluding carboxylic acids is 1. The van der Waals surface area contributed by atoms with Crippen LogP contribution >= 0.6 is 11.5 Å². The smallest absolute Gasteiger partial charge is 0.256 e. The Labute approximate surface area is 169 Å². The lowest BCUT2D eigenvalue weighted by Crippen LogP contribution is -2.13. The Balaban J connectivity index is 1.66. The minimum atomic E-state index is -0.410. The number of para-hydroxylation sites is 1. The lowest BCUT2D eigenvalue weighted by Gasteiger charge is -2.11. The molecule has 0 radical (unpaired) electrons. The molecule has 5 rings (SSSR count). The van der Waals surface area contributed by atoms with Gasteiger partial charge in [0.2, 0.25) is 0 Å². The number of hydrogen-bond donors (Lipinski definition) is 1. The molecule has 0 bridgehead atoms. The topological polar surface area (TPSA) is 67.8 Å². The zero-order chi connectivity index (χ0) is 19.8. The zero-order valence-corrected chi connectivity index (χ0v) is 15.8. The first-order chi connectivity index (χ1) is 14.2. The summed E-state index contributed by atoms with van der Waals surface area (Å²) in [6.07, 6.45) is 0. The number of aromatic nitrogens is 3. The van der Waals surface area contributed by atoms with Crippen molar-refractivity contribution in [2.75, 3.05) is 5.32 Å². The quantitative estimate of drug-likeness (QED) is 0.446. The number of pyridine rings is 1. The Bertz CT molecular complexity index is 1380. The molecule has 5 nitrogen and oxygen atoms in total. The van der Waals surface area contributed by atoms with Gasteiger partial charge in [0.1, 0.15) is 11.3 Å². The van der Waals surface area contributed by atoms with E-state index in [9.17, 15) is 9.18 Å². The number of nitrogens with one attached hydrogen (secondary N) is 1. The number of rotatable bonds is 3. The minimum Gasteiger partial charge on any atom is -0.322 e. The van der Waals surface area contributed by atoms with Crippen molar-refractivity contribution in [2.45, 2.75) is 0 Å². The van der Waals surface area contributed by atoms with Crippen LogP contribution in [0, 0.1) is 5.82 Å². The molecule has 1 N–H and O–H groups in total. The van der Waals surface area contributed by atoms with Crippen LogP contribution in [-0.4, -0.2) is 20.5 Å². The van der Waals surface area contributed by atoms with Crippen molar-refractivity contribution >= 4 is 44.2 Å². The van der Waals surface area contributed by atoms with E-state index in [0.29, 0.717) is 22.5 Å². The Morgan fingerprint density at radius 3 is 2.66 bits per heavy atom. The van der Waals surface area contributed by atoms with E-state index in [-0.39, 0.29) is 5.91 Å². The largest absolute Gasteiger partial charge is 0.322 e. The van der Waals surface area contributed by atoms with Crippen molar-refractivity contribution in [2.24, 2.45) is 0 Å². The van der Waals surface area contributed by atoms with Gasteiger partial charge in [-0.1, -0.05) is 40.9 Å². The predicted octanol–water partition coefficient (Wildman–Crippen LogP) is 5.30. The van der Waals surface area contributed by atoms with Gasteiger partial charge in [-0.3, -0.25) is 4.79 Å². The molecule has 0 aliphatic carbocycles. The van der Waals surface area contributed by atoms with Gasteiger partial charge in [0.25, 0.3) is 5.91 Å². The van der Waals surface area contributed by atoms with E-state index in [1.807, 2.05) is 42.5 Å². The number of fused-ring (bicyclic) bond motifs is 2. The van der Waals surface area contributed by atoms with Crippen LogP contribution in [0.5, 0.6) is 0 Å². The van der Waals surface area contributed by atoms with E-state index in [1.165, 1.54) is 23.7 Å². The lowest BCUT2D eigenvalue weighted by atomic mass is 10.0. The van der Waals surface area contributed by atoms with Gasteiger partial charge in [0.05, 0.1) is 21.5 Å². The van der Waals surface area contributed by atoms with Gasteiger partial charge in [-0.2, -0.15) is 0 Å². The SMILES string of the molecule is O=C(Nc1cccc(F)c1)c1cc(-c2cccc3nnsc23)nc2ccccc12. The minimum absolute atomic E-state index is 0.329. The Morgan fingerprint density at radius 1 is 0.931 bits per heavy atom. The van der Waals surface area contributed by atoms with Crippen molar-refractivity contribution in [3.63, 3.8) is 0 Å². The average Bonchev–Trinajstić information content (AvgIpc) is 3.22. The molecule has 0 spiro atoms. The second-order valence-corrected chi connectivity index (χ2v) is 7.22. The predicted molar refractivity (Wildman–Crippen MR) is 113 cm³/mol. The van der Waals surface area contributed by atoms with Gasteiger partial charge in [0, 0.05) is 16.6 Å². The van der Waals surface area contributed by atoms with Crippen molar-refractivity contribution < 1.29 is 9.18 Å². The van der Waals surface area contributed by atoms with Crippen LogP contribution in [-0.2, 0) is 0 Å². The van der Waals surface area contributed by atoms with Gasteiger partial charge in [-0.05, 0) is 47.9 Å². The highest BCUT2D eigenvalue weighted by Gasteiger charge is 2.16. The third-order valence-electron chi connectivity index (χ3n) is 4.59. The van der Waals surface area contributed by atoms with Crippen LogP contribution in [0.1, 0.15) is 10.4 Å². The maximum atomic E-state index is 13.5. The molecule has 140 valence electrons. The molecule has 0 fully saturated rings. The van der Waals surface area contributed by atoms with Crippen molar-refractivity contribution in [1.29, 1.82) is 0 Å². The molecule has 0 saturated carbocycles. The fourth-order valence-electron chi connectivity index (χ4n) is 3.27. The third-order valence-corrected chi connectivity index (χ3v) is 5.37. The fraction of sp³-hybridized carbons (Fsp3) is 0. The highest BCUT2D eigenvalue weighted by atomic mass is 32.1. The van der Waals surface area contributed by atoms with Crippen LogP contribution in [0.4, 0.5) is 10.1 Å². The van der Waals surface area contributed by atoms with E-state index in [1.54, 1.807) is 18.2 Å². The summed E-state index contributed by atoms with van der Waals surface area (Å²) in [6, 6.07) is 20.7. The number of hydrogen-bond acceptors (Lipinski definition) is 5. The summed E-state index contributed by atoms with van der Waals surface area (Å²) in [5.41, 5.74) is 3.86. The monoisotopic (exact) mass is 400 g/mol. The van der Waals surface area contributed by atoms with E-state index < -0.39 is 5.82 Å². The van der Waals surface area contributed by atoms with E-state index in [4.69, 9.17) is 4.98 Å². The molecule has 29 heavy (non-hydrogen) atoms. The highest BCUT2D eigenvalue weighted by Crippen LogP contribution is 2.31. The molecule has 5 aromatic rings. The summed E-state index contributed by atoms with van der Waals surface area (Å²) in [5, 5.41) is 7.61. The molecule has 0 atom stereocenters. The molecule has 7 heteroatoms. The Kier molecular flexibility index (Phi) is 4.22. The second kappa shape index (κ2) is 7.03. The van der Waals surface area contributed by atoms with Gasteiger partial charge in [0.15, 0.2) is 0 Å². The highest BCUT2D eigenvalue weighted by molar-refractivity contribution is 7.13. The van der Waals surface area contributed by atoms with Gasteiger partial charge >= 0.3 is 0 Å². The zero-order valence-electron chi connectivity index (χ0n) is 15.0. The third kappa shape index (κ3) is 3.21. The molecule has 2 heterocycles. The number of carbonyl (C=O) groups is 1. The van der Waals surface area contributed by atoms with Gasteiger partial charge in [-0.15, -0.1) is 5.10 Å². The average molecular weight is 400 g/mol. The first-order valence-corrected chi connectivity index (χ1v) is 9.64. The molecule has 0 aliphatic rings. The van der Waals surface area contributed by atoms with Crippen molar-refractivity contribution in [1.82, 2.24) is 14.6 Å². The van der Waals surface area contributed by atoms with Crippen LogP contribution in [0.25, 0.3) is 32.4 Å². The summed E-state index contributed by atoms with van der Waals surface area (Å²) in [5.74, 6) is -0.738. The molecule has 0 aliphatic heterocycles. The van der Waals surface area contributed by atoms with Crippen LogP contribution in [0.15, 0.2) is 72.8 Å². The Morgan fingerprint density at radius 2 is 1.76 bits per heavy atom. The fourth-order valence-corrected chi connectivity index (χ4v) is 3.96. The van der Waals surface area contributed by atoms with Gasteiger partial charge in [-0.25, -0.2) is 9.37 Å². The second-order valence-electron chi connectivity index (χ2n) is 6.46. The van der Waals surface area contributed by atoms with Crippen molar-refractivity contribution in [3.05, 3.63) is 84.2 Å². The summed E-state index contributed by atoms with van der Waals surface area (Å²) in [7, 11) is 0. The van der Waals surface area contributed by atoms with Gasteiger partial charge < -0.3 is 5.32 Å².